The molecule has 0 bridgehead atoms. The molecule has 2 aliphatic carbocycles. The number of carbonyl (C=O) groups is 1. The molecule has 2 atom stereocenters. The number of thiophene rings is 1. The molecule has 0 saturated heterocycles. The van der Waals surface area contributed by atoms with Crippen LogP contribution in [0.5, 0.6) is 0 Å². The summed E-state index contributed by atoms with van der Waals surface area (Å²) in [6.45, 7) is 2.65. The molecule has 1 fully saturated rings. The van der Waals surface area contributed by atoms with Crippen LogP contribution in [0.25, 0.3) is 10.1 Å². The number of amides is 1. The summed E-state index contributed by atoms with van der Waals surface area (Å²) >= 11 is 1.51. The van der Waals surface area contributed by atoms with Gasteiger partial charge in [-0.1, -0.05) is 37.3 Å². The average Bonchev–Trinajstić information content (AvgIpc) is 3.33. The molecule has 0 radical (unpaired) electrons. The standard InChI is InChI=1S/C28H34N6O2S/c1-16-12-18(6-7-19(16)14-31-28(36)23-13-17-4-2-3-5-22(17)37-23)25(29)24-26(30)32-15-33-27(24)34-20-8-10-21(35)11-9-20/h2-7,13,15-16,20-21,25,35H,8-12,14,29H2,1H3,(H,31,36)(H3,30,32,33,34)/p+1. The Hall–Kier alpha value is -3.11. The first-order valence-electron chi connectivity index (χ1n) is 12.9. The SMILES string of the molecule is CC1CC(C(N)c2c(N)ncnc2[NH2+]C2CCC(O)CC2)=CC=C1CNC(=O)c1cc2ccccc2s1. The number of carbonyl (C=O) groups excluding carboxylic acids is 1. The number of nitrogens with zero attached hydrogens (tertiary/aromatic N) is 2. The molecule has 1 amide bonds. The largest absolute Gasteiger partial charge is 0.393 e. The van der Waals surface area contributed by atoms with Crippen molar-refractivity contribution >= 4 is 39.0 Å². The fraction of sp³-hybridized carbons (Fsp3) is 0.393. The number of anilines is 1. The van der Waals surface area contributed by atoms with Crippen molar-refractivity contribution in [2.45, 2.75) is 57.2 Å². The molecule has 0 aliphatic heterocycles. The van der Waals surface area contributed by atoms with E-state index in [1.54, 1.807) is 0 Å². The van der Waals surface area contributed by atoms with Gasteiger partial charge in [0.15, 0.2) is 0 Å². The lowest BCUT2D eigenvalue weighted by Crippen LogP contribution is -2.85. The van der Waals surface area contributed by atoms with Gasteiger partial charge in [0.25, 0.3) is 5.91 Å². The van der Waals surface area contributed by atoms with E-state index in [9.17, 15) is 9.90 Å². The summed E-state index contributed by atoms with van der Waals surface area (Å²) in [4.78, 5) is 22.2. The number of nitrogen functional groups attached to an aromatic ring is 1. The van der Waals surface area contributed by atoms with Gasteiger partial charge in [0, 0.05) is 24.1 Å². The number of benzene rings is 1. The van der Waals surface area contributed by atoms with Crippen LogP contribution in [-0.2, 0) is 0 Å². The van der Waals surface area contributed by atoms with Crippen molar-refractivity contribution in [3.05, 3.63) is 70.4 Å². The summed E-state index contributed by atoms with van der Waals surface area (Å²) in [5, 5.41) is 16.2. The van der Waals surface area contributed by atoms with Crippen LogP contribution in [0.3, 0.4) is 0 Å². The van der Waals surface area contributed by atoms with Gasteiger partial charge in [-0.05, 0) is 53.8 Å². The van der Waals surface area contributed by atoms with Gasteiger partial charge in [-0.2, -0.15) is 4.98 Å². The third-order valence-corrected chi connectivity index (χ3v) is 8.69. The molecule has 37 heavy (non-hydrogen) atoms. The fourth-order valence-corrected chi connectivity index (χ4v) is 6.29. The van der Waals surface area contributed by atoms with E-state index in [0.717, 1.165) is 69.6 Å². The van der Waals surface area contributed by atoms with Gasteiger partial charge in [0.05, 0.1) is 28.6 Å². The summed E-state index contributed by atoms with van der Waals surface area (Å²) in [5.74, 6) is 1.38. The summed E-state index contributed by atoms with van der Waals surface area (Å²) in [6, 6.07) is 9.91. The summed E-state index contributed by atoms with van der Waals surface area (Å²) in [7, 11) is 0. The zero-order valence-corrected chi connectivity index (χ0v) is 21.9. The Bertz CT molecular complexity index is 1310. The van der Waals surface area contributed by atoms with Gasteiger partial charge in [0.1, 0.15) is 12.1 Å². The van der Waals surface area contributed by atoms with Crippen molar-refractivity contribution in [1.29, 1.82) is 0 Å². The number of nitrogens with one attached hydrogen (secondary N) is 1. The van der Waals surface area contributed by atoms with E-state index in [1.807, 2.05) is 30.3 Å². The third-order valence-electron chi connectivity index (χ3n) is 7.58. The minimum absolute atomic E-state index is 0.0506. The lowest BCUT2D eigenvalue weighted by atomic mass is 9.83. The first kappa shape index (κ1) is 25.5. The van der Waals surface area contributed by atoms with Crippen molar-refractivity contribution in [2.24, 2.45) is 11.7 Å². The number of aromatic nitrogens is 2. The highest BCUT2D eigenvalue weighted by molar-refractivity contribution is 7.20. The number of fused-ring (bicyclic) bond motifs is 1. The number of rotatable bonds is 7. The third kappa shape index (κ3) is 5.75. The zero-order valence-electron chi connectivity index (χ0n) is 21.1. The first-order valence-corrected chi connectivity index (χ1v) is 13.8. The average molecular weight is 520 g/mol. The van der Waals surface area contributed by atoms with Crippen molar-refractivity contribution in [1.82, 2.24) is 15.3 Å². The topological polar surface area (TPSA) is 144 Å². The Morgan fingerprint density at radius 2 is 2.00 bits per heavy atom. The van der Waals surface area contributed by atoms with Crippen molar-refractivity contribution in [3.8, 4) is 0 Å². The number of quaternary nitrogens is 1. The molecule has 194 valence electrons. The van der Waals surface area contributed by atoms with Gasteiger partial charge in [0.2, 0.25) is 5.82 Å². The monoisotopic (exact) mass is 519 g/mol. The zero-order chi connectivity index (χ0) is 25.9. The van der Waals surface area contributed by atoms with Crippen LogP contribution in [0.1, 0.15) is 60.3 Å². The molecule has 8 nitrogen and oxygen atoms in total. The number of hydrogen-bond acceptors (Lipinski definition) is 7. The smallest absolute Gasteiger partial charge is 0.261 e. The van der Waals surface area contributed by atoms with E-state index in [0.29, 0.717) is 18.4 Å². The molecule has 5 rings (SSSR count). The molecule has 2 unspecified atom stereocenters. The highest BCUT2D eigenvalue weighted by Crippen LogP contribution is 2.35. The number of nitrogens with two attached hydrogens (primary N) is 3. The highest BCUT2D eigenvalue weighted by atomic mass is 32.1. The molecule has 2 heterocycles. The van der Waals surface area contributed by atoms with Crippen LogP contribution in [0.15, 0.2) is 60.0 Å². The van der Waals surface area contributed by atoms with Crippen LogP contribution in [0.2, 0.25) is 0 Å². The van der Waals surface area contributed by atoms with Gasteiger partial charge < -0.3 is 21.9 Å². The quantitative estimate of drug-likeness (QED) is 0.324. The van der Waals surface area contributed by atoms with Crippen LogP contribution in [-0.4, -0.2) is 39.7 Å². The van der Waals surface area contributed by atoms with E-state index >= 15 is 0 Å². The molecule has 8 N–H and O–H groups in total. The van der Waals surface area contributed by atoms with Gasteiger partial charge >= 0.3 is 0 Å². The summed E-state index contributed by atoms with van der Waals surface area (Å²) < 4.78 is 1.11. The summed E-state index contributed by atoms with van der Waals surface area (Å²) in [6.07, 6.45) is 9.65. The predicted molar refractivity (Wildman–Crippen MR) is 147 cm³/mol. The van der Waals surface area contributed by atoms with Gasteiger partial charge in [-0.15, -0.1) is 11.3 Å². The van der Waals surface area contributed by atoms with E-state index < -0.39 is 6.04 Å². The van der Waals surface area contributed by atoms with Crippen molar-refractivity contribution < 1.29 is 15.2 Å². The fourth-order valence-electron chi connectivity index (χ4n) is 5.31. The minimum atomic E-state index is -0.407. The van der Waals surface area contributed by atoms with Crippen LogP contribution in [0.4, 0.5) is 11.6 Å². The lowest BCUT2D eigenvalue weighted by Gasteiger charge is -2.27. The molecule has 2 aromatic heterocycles. The van der Waals surface area contributed by atoms with Crippen LogP contribution in [0, 0.1) is 5.92 Å². The number of aliphatic hydroxyl groups is 1. The Morgan fingerprint density at radius 3 is 2.76 bits per heavy atom. The Labute approximate surface area is 220 Å². The molecule has 2 aliphatic rings. The normalized spacial score (nSPS) is 22.8. The second-order valence-corrected chi connectivity index (χ2v) is 11.3. The van der Waals surface area contributed by atoms with Crippen molar-refractivity contribution in [3.63, 3.8) is 0 Å². The maximum Gasteiger partial charge on any atom is 0.261 e. The molecule has 3 aromatic rings. The number of hydrogen-bond donors (Lipinski definition) is 5. The van der Waals surface area contributed by atoms with E-state index in [1.165, 1.54) is 17.7 Å². The van der Waals surface area contributed by atoms with E-state index in [-0.39, 0.29) is 17.9 Å². The Morgan fingerprint density at radius 1 is 1.22 bits per heavy atom. The maximum absolute atomic E-state index is 12.8. The summed E-state index contributed by atoms with van der Waals surface area (Å²) in [5.41, 5.74) is 16.1. The van der Waals surface area contributed by atoms with Crippen molar-refractivity contribution in [2.75, 3.05) is 12.3 Å². The Kier molecular flexibility index (Phi) is 7.66. The Balaban J connectivity index is 1.27. The molecular formula is C28H35N6O2S+. The molecular weight excluding hydrogens is 484 g/mol. The maximum atomic E-state index is 12.8. The number of aliphatic hydroxyl groups excluding tert-OH is 1. The highest BCUT2D eigenvalue weighted by Gasteiger charge is 2.29. The number of allylic oxidation sites excluding steroid dienone is 2. The molecule has 1 saturated carbocycles. The lowest BCUT2D eigenvalue weighted by molar-refractivity contribution is -0.618. The minimum Gasteiger partial charge on any atom is -0.393 e. The van der Waals surface area contributed by atoms with Crippen LogP contribution < -0.4 is 22.1 Å². The van der Waals surface area contributed by atoms with Gasteiger partial charge in [-0.3, -0.25) is 10.1 Å². The molecule has 9 heteroatoms. The first-order chi connectivity index (χ1) is 17.9. The predicted octanol–water partition coefficient (Wildman–Crippen LogP) is 3.09. The molecule has 0 spiro atoms. The van der Waals surface area contributed by atoms with Crippen LogP contribution >= 0.6 is 11.3 Å². The second-order valence-electron chi connectivity index (χ2n) is 10.2. The second kappa shape index (κ2) is 11.1. The van der Waals surface area contributed by atoms with E-state index in [4.69, 9.17) is 11.5 Å². The van der Waals surface area contributed by atoms with Gasteiger partial charge in [-0.25, -0.2) is 4.98 Å². The molecule has 1 aromatic carbocycles. The van der Waals surface area contributed by atoms with E-state index in [2.05, 4.69) is 39.7 Å².